The van der Waals surface area contributed by atoms with Gasteiger partial charge in [0.15, 0.2) is 0 Å². The molecule has 24 heavy (non-hydrogen) atoms. The zero-order valence-electron chi connectivity index (χ0n) is 14.4. The highest BCUT2D eigenvalue weighted by molar-refractivity contribution is 5.97. The van der Waals surface area contributed by atoms with E-state index in [1.807, 2.05) is 18.2 Å². The Morgan fingerprint density at radius 2 is 1.62 bits per heavy atom. The van der Waals surface area contributed by atoms with Crippen molar-refractivity contribution < 1.29 is 4.39 Å². The zero-order valence-corrected chi connectivity index (χ0v) is 14.4. The molecule has 0 aliphatic heterocycles. The minimum atomic E-state index is -0.197. The van der Waals surface area contributed by atoms with Gasteiger partial charge in [-0.3, -0.25) is 4.98 Å². The molecule has 0 bridgehead atoms. The van der Waals surface area contributed by atoms with Crippen molar-refractivity contribution in [2.75, 3.05) is 0 Å². The highest BCUT2D eigenvalue weighted by Gasteiger charge is 2.34. The molecule has 0 atom stereocenters. The summed E-state index contributed by atoms with van der Waals surface area (Å²) in [6, 6.07) is 15.2. The maximum Gasteiger partial charge on any atom is 0.123 e. The maximum absolute atomic E-state index is 13.5. The zero-order chi connectivity index (χ0) is 16.9. The first kappa shape index (κ1) is 15.3. The second kappa shape index (κ2) is 5.41. The van der Waals surface area contributed by atoms with Crippen LogP contribution in [0.1, 0.15) is 50.8 Å². The van der Waals surface area contributed by atoms with Crippen molar-refractivity contribution in [1.29, 1.82) is 0 Å². The van der Waals surface area contributed by atoms with Crippen LogP contribution in [0.4, 0.5) is 4.39 Å². The fraction of sp³-hybridized carbons (Fsp3) is 0.318. The van der Waals surface area contributed by atoms with E-state index < -0.39 is 0 Å². The number of halogens is 1. The number of pyridine rings is 1. The van der Waals surface area contributed by atoms with Crippen molar-refractivity contribution in [1.82, 2.24) is 4.98 Å². The first-order valence-corrected chi connectivity index (χ1v) is 8.64. The van der Waals surface area contributed by atoms with Crippen LogP contribution in [0.25, 0.3) is 22.0 Å². The van der Waals surface area contributed by atoms with E-state index in [0.29, 0.717) is 5.92 Å². The lowest BCUT2D eigenvalue weighted by Gasteiger charge is -2.27. The third-order valence-electron chi connectivity index (χ3n) is 4.77. The first-order chi connectivity index (χ1) is 11.4. The SMILES string of the molecule is CC(C)(C)c1c(C2CC2)nc2ccccc2c1-c1ccc(F)cc1. The molecule has 3 aromatic rings. The van der Waals surface area contributed by atoms with Crippen molar-refractivity contribution in [3.63, 3.8) is 0 Å². The van der Waals surface area contributed by atoms with Gasteiger partial charge >= 0.3 is 0 Å². The van der Waals surface area contributed by atoms with Crippen LogP contribution < -0.4 is 0 Å². The standard InChI is InChI=1S/C22H22FN/c1-22(2,3)20-19(14-10-12-16(23)13-11-14)17-6-4-5-7-18(17)24-21(20)15-8-9-15/h4-7,10-13,15H,8-9H2,1-3H3. The molecule has 4 rings (SSSR count). The lowest BCUT2D eigenvalue weighted by molar-refractivity contribution is 0.581. The van der Waals surface area contributed by atoms with E-state index in [4.69, 9.17) is 4.98 Å². The Balaban J connectivity index is 2.12. The molecular formula is C22H22FN. The lowest BCUT2D eigenvalue weighted by Crippen LogP contribution is -2.17. The summed E-state index contributed by atoms with van der Waals surface area (Å²) >= 11 is 0. The van der Waals surface area contributed by atoms with Crippen LogP contribution in [0.3, 0.4) is 0 Å². The molecule has 1 aromatic heterocycles. The molecule has 0 unspecified atom stereocenters. The van der Waals surface area contributed by atoms with Gasteiger partial charge in [0.2, 0.25) is 0 Å². The van der Waals surface area contributed by atoms with Crippen LogP contribution in [0.5, 0.6) is 0 Å². The smallest absolute Gasteiger partial charge is 0.123 e. The number of fused-ring (bicyclic) bond motifs is 1. The molecule has 0 N–H and O–H groups in total. The topological polar surface area (TPSA) is 12.9 Å². The summed E-state index contributed by atoms with van der Waals surface area (Å²) in [5, 5.41) is 1.15. The highest BCUT2D eigenvalue weighted by Crippen LogP contribution is 2.48. The normalized spacial score (nSPS) is 15.0. The molecule has 1 fully saturated rings. The molecule has 0 saturated heterocycles. The molecule has 1 aliphatic rings. The third kappa shape index (κ3) is 2.60. The van der Waals surface area contributed by atoms with Crippen LogP contribution in [-0.2, 0) is 5.41 Å². The number of hydrogen-bond acceptors (Lipinski definition) is 1. The lowest BCUT2D eigenvalue weighted by atomic mass is 9.78. The Kier molecular flexibility index (Phi) is 3.45. The first-order valence-electron chi connectivity index (χ1n) is 8.64. The van der Waals surface area contributed by atoms with E-state index >= 15 is 0 Å². The summed E-state index contributed by atoms with van der Waals surface area (Å²) in [4.78, 5) is 5.03. The van der Waals surface area contributed by atoms with Gasteiger partial charge in [0.25, 0.3) is 0 Å². The fourth-order valence-corrected chi connectivity index (χ4v) is 3.56. The molecule has 1 heterocycles. The van der Waals surface area contributed by atoms with E-state index in [2.05, 4.69) is 39.0 Å². The Bertz CT molecular complexity index is 900. The molecule has 122 valence electrons. The van der Waals surface area contributed by atoms with Gasteiger partial charge in [-0.1, -0.05) is 51.1 Å². The summed E-state index contributed by atoms with van der Waals surface area (Å²) < 4.78 is 13.5. The molecule has 2 heteroatoms. The summed E-state index contributed by atoms with van der Waals surface area (Å²) in [5.74, 6) is 0.375. The molecule has 1 nitrogen and oxygen atoms in total. The average molecular weight is 319 g/mol. The van der Waals surface area contributed by atoms with Crippen LogP contribution in [0.15, 0.2) is 48.5 Å². The molecular weight excluding hydrogens is 297 g/mol. The van der Waals surface area contributed by atoms with Crippen molar-refractivity contribution in [3.05, 3.63) is 65.6 Å². The Labute approximate surface area is 142 Å². The fourth-order valence-electron chi connectivity index (χ4n) is 3.56. The van der Waals surface area contributed by atoms with Crippen molar-refractivity contribution >= 4 is 10.9 Å². The van der Waals surface area contributed by atoms with E-state index in [9.17, 15) is 4.39 Å². The van der Waals surface area contributed by atoms with Crippen LogP contribution in [0.2, 0.25) is 0 Å². The Morgan fingerprint density at radius 3 is 2.25 bits per heavy atom. The maximum atomic E-state index is 13.5. The summed E-state index contributed by atoms with van der Waals surface area (Å²) in [7, 11) is 0. The van der Waals surface area contributed by atoms with E-state index in [-0.39, 0.29) is 11.2 Å². The van der Waals surface area contributed by atoms with E-state index in [1.54, 1.807) is 12.1 Å². The van der Waals surface area contributed by atoms with Gasteiger partial charge in [0.1, 0.15) is 5.82 Å². The van der Waals surface area contributed by atoms with E-state index in [0.717, 1.165) is 16.5 Å². The Hall–Kier alpha value is -2.22. The molecule has 0 radical (unpaired) electrons. The number of benzene rings is 2. The van der Waals surface area contributed by atoms with Gasteiger partial charge < -0.3 is 0 Å². The second-order valence-electron chi connectivity index (χ2n) is 7.80. The molecule has 0 spiro atoms. The van der Waals surface area contributed by atoms with Gasteiger partial charge in [0, 0.05) is 17.0 Å². The second-order valence-corrected chi connectivity index (χ2v) is 7.80. The van der Waals surface area contributed by atoms with Gasteiger partial charge in [-0.05, 0) is 53.1 Å². The minimum absolute atomic E-state index is 0.0152. The largest absolute Gasteiger partial charge is 0.252 e. The number of hydrogen-bond donors (Lipinski definition) is 0. The highest BCUT2D eigenvalue weighted by atomic mass is 19.1. The molecule has 1 aliphatic carbocycles. The minimum Gasteiger partial charge on any atom is -0.252 e. The van der Waals surface area contributed by atoms with Crippen LogP contribution >= 0.6 is 0 Å². The van der Waals surface area contributed by atoms with Gasteiger partial charge in [-0.2, -0.15) is 0 Å². The Morgan fingerprint density at radius 1 is 0.958 bits per heavy atom. The predicted octanol–water partition coefficient (Wildman–Crippen LogP) is 6.22. The molecule has 0 amide bonds. The van der Waals surface area contributed by atoms with Crippen LogP contribution in [0, 0.1) is 5.82 Å². The summed E-state index contributed by atoms with van der Waals surface area (Å²) in [6.07, 6.45) is 2.44. The third-order valence-corrected chi connectivity index (χ3v) is 4.77. The van der Waals surface area contributed by atoms with Gasteiger partial charge in [-0.15, -0.1) is 0 Å². The van der Waals surface area contributed by atoms with Crippen molar-refractivity contribution in [2.45, 2.75) is 44.9 Å². The molecule has 1 saturated carbocycles. The molecule has 2 aromatic carbocycles. The quantitative estimate of drug-likeness (QED) is 0.546. The van der Waals surface area contributed by atoms with E-state index in [1.165, 1.54) is 29.7 Å². The van der Waals surface area contributed by atoms with Crippen molar-refractivity contribution in [3.8, 4) is 11.1 Å². The van der Waals surface area contributed by atoms with Crippen LogP contribution in [-0.4, -0.2) is 4.98 Å². The number of nitrogens with zero attached hydrogens (tertiary/aromatic N) is 1. The van der Waals surface area contributed by atoms with Gasteiger partial charge in [0.05, 0.1) is 5.52 Å². The summed E-state index contributed by atoms with van der Waals surface area (Å²) in [5.41, 5.74) is 5.86. The number of para-hydroxylation sites is 1. The number of rotatable bonds is 2. The van der Waals surface area contributed by atoms with Crippen molar-refractivity contribution in [2.24, 2.45) is 0 Å². The predicted molar refractivity (Wildman–Crippen MR) is 97.8 cm³/mol. The average Bonchev–Trinajstić information content (AvgIpc) is 3.38. The summed E-state index contributed by atoms with van der Waals surface area (Å²) in [6.45, 7) is 6.74. The number of aromatic nitrogens is 1. The monoisotopic (exact) mass is 319 g/mol. The van der Waals surface area contributed by atoms with Gasteiger partial charge in [-0.25, -0.2) is 4.39 Å².